The van der Waals surface area contributed by atoms with E-state index in [4.69, 9.17) is 9.84 Å². The Kier molecular flexibility index (Phi) is 6.16. The van der Waals surface area contributed by atoms with Crippen LogP contribution in [0.2, 0.25) is 0 Å². The molecular weight excluding hydrogens is 226 g/mol. The van der Waals surface area contributed by atoms with Gasteiger partial charge in [-0.1, -0.05) is 17.7 Å². The van der Waals surface area contributed by atoms with Crippen LogP contribution >= 0.6 is 0 Å². The topological polar surface area (TPSA) is 32.7 Å². The monoisotopic (exact) mass is 251 g/mol. The van der Waals surface area contributed by atoms with E-state index < -0.39 is 0 Å². The third-order valence-corrected chi connectivity index (χ3v) is 3.09. The summed E-state index contributed by atoms with van der Waals surface area (Å²) < 4.78 is 5.49. The minimum Gasteiger partial charge on any atom is -0.496 e. The Balaban J connectivity index is 2.70. The summed E-state index contributed by atoms with van der Waals surface area (Å²) in [5.41, 5.74) is 3.70. The lowest BCUT2D eigenvalue weighted by molar-refractivity contribution is 0.259. The van der Waals surface area contributed by atoms with Gasteiger partial charge in [0, 0.05) is 18.7 Å². The van der Waals surface area contributed by atoms with E-state index in [0.29, 0.717) is 0 Å². The zero-order valence-electron chi connectivity index (χ0n) is 12.0. The van der Waals surface area contributed by atoms with E-state index in [2.05, 4.69) is 37.9 Å². The summed E-state index contributed by atoms with van der Waals surface area (Å²) in [6.45, 7) is 6.36. The Morgan fingerprint density at radius 3 is 2.56 bits per heavy atom. The fourth-order valence-corrected chi connectivity index (χ4v) is 2.32. The van der Waals surface area contributed by atoms with Crippen LogP contribution in [0.1, 0.15) is 29.5 Å². The van der Waals surface area contributed by atoms with Gasteiger partial charge in [0.2, 0.25) is 0 Å². The van der Waals surface area contributed by atoms with Crippen molar-refractivity contribution in [2.45, 2.75) is 33.2 Å². The molecule has 0 radical (unpaired) electrons. The van der Waals surface area contributed by atoms with Crippen LogP contribution < -0.4 is 4.74 Å². The number of nitrogens with zero attached hydrogens (tertiary/aromatic N) is 1. The number of unbranched alkanes of at least 4 members (excludes halogenated alkanes) is 1. The Morgan fingerprint density at radius 1 is 1.22 bits per heavy atom. The number of hydrogen-bond acceptors (Lipinski definition) is 3. The molecule has 0 heterocycles. The van der Waals surface area contributed by atoms with Gasteiger partial charge in [-0.3, -0.25) is 0 Å². The van der Waals surface area contributed by atoms with Crippen LogP contribution in [-0.4, -0.2) is 37.3 Å². The molecule has 0 spiro atoms. The fourth-order valence-electron chi connectivity index (χ4n) is 2.32. The highest BCUT2D eigenvalue weighted by Gasteiger charge is 2.09. The van der Waals surface area contributed by atoms with E-state index in [1.54, 1.807) is 7.11 Å². The highest BCUT2D eigenvalue weighted by molar-refractivity contribution is 5.43. The molecule has 0 saturated carbocycles. The molecule has 1 aromatic carbocycles. The fraction of sp³-hybridized carbons (Fsp3) is 0.600. The molecule has 102 valence electrons. The Labute approximate surface area is 110 Å². The molecule has 0 fully saturated rings. The van der Waals surface area contributed by atoms with Crippen molar-refractivity contribution in [3.05, 3.63) is 28.8 Å². The summed E-state index contributed by atoms with van der Waals surface area (Å²) in [6.07, 6.45) is 1.90. The molecule has 0 saturated heterocycles. The highest BCUT2D eigenvalue weighted by atomic mass is 16.5. The maximum Gasteiger partial charge on any atom is 0.126 e. The summed E-state index contributed by atoms with van der Waals surface area (Å²) in [7, 11) is 3.83. The van der Waals surface area contributed by atoms with Crippen molar-refractivity contribution < 1.29 is 9.84 Å². The number of hydrogen-bond donors (Lipinski definition) is 1. The van der Waals surface area contributed by atoms with Crippen LogP contribution in [0.5, 0.6) is 5.75 Å². The number of ether oxygens (including phenoxy) is 1. The maximum atomic E-state index is 8.79. The maximum absolute atomic E-state index is 8.79. The first-order valence-corrected chi connectivity index (χ1v) is 6.52. The zero-order chi connectivity index (χ0) is 13.5. The van der Waals surface area contributed by atoms with Gasteiger partial charge in [-0.05, 0) is 45.8 Å². The van der Waals surface area contributed by atoms with Gasteiger partial charge in [-0.25, -0.2) is 0 Å². The molecule has 0 aliphatic carbocycles. The van der Waals surface area contributed by atoms with Crippen LogP contribution in [0.15, 0.2) is 12.1 Å². The average molecular weight is 251 g/mol. The molecule has 0 aromatic heterocycles. The minimum atomic E-state index is 0.278. The van der Waals surface area contributed by atoms with Crippen LogP contribution in [-0.2, 0) is 6.54 Å². The van der Waals surface area contributed by atoms with E-state index in [-0.39, 0.29) is 6.61 Å². The molecule has 3 nitrogen and oxygen atoms in total. The Bertz CT molecular complexity index is 377. The van der Waals surface area contributed by atoms with Crippen molar-refractivity contribution in [2.24, 2.45) is 0 Å². The lowest BCUT2D eigenvalue weighted by atomic mass is 10.0. The Morgan fingerprint density at radius 2 is 1.94 bits per heavy atom. The standard InChI is InChI=1S/C15H25NO2/c1-12-9-13(2)15(18-4)14(10-12)11-16(3)7-5-6-8-17/h9-10,17H,5-8,11H2,1-4H3. The summed E-state index contributed by atoms with van der Waals surface area (Å²) in [5.74, 6) is 0.995. The smallest absolute Gasteiger partial charge is 0.126 e. The van der Waals surface area contributed by atoms with E-state index in [1.807, 2.05) is 0 Å². The van der Waals surface area contributed by atoms with Crippen molar-refractivity contribution >= 4 is 0 Å². The SMILES string of the molecule is COc1c(C)cc(C)cc1CN(C)CCCCO. The molecule has 0 atom stereocenters. The zero-order valence-corrected chi connectivity index (χ0v) is 12.0. The Hall–Kier alpha value is -1.06. The van der Waals surface area contributed by atoms with Gasteiger partial charge in [0.15, 0.2) is 0 Å². The van der Waals surface area contributed by atoms with Gasteiger partial charge in [0.05, 0.1) is 7.11 Å². The first-order valence-electron chi connectivity index (χ1n) is 6.52. The van der Waals surface area contributed by atoms with Gasteiger partial charge < -0.3 is 14.7 Å². The van der Waals surface area contributed by atoms with Gasteiger partial charge in [-0.2, -0.15) is 0 Å². The third kappa shape index (κ3) is 4.31. The van der Waals surface area contributed by atoms with Gasteiger partial charge in [0.25, 0.3) is 0 Å². The molecule has 3 heteroatoms. The summed E-state index contributed by atoms with van der Waals surface area (Å²) >= 11 is 0. The molecule has 0 amide bonds. The lowest BCUT2D eigenvalue weighted by Gasteiger charge is -2.19. The van der Waals surface area contributed by atoms with E-state index >= 15 is 0 Å². The second-order valence-electron chi connectivity index (χ2n) is 4.94. The predicted octanol–water partition coefficient (Wildman–Crippen LogP) is 2.52. The lowest BCUT2D eigenvalue weighted by Crippen LogP contribution is -2.20. The van der Waals surface area contributed by atoms with Crippen molar-refractivity contribution in [3.63, 3.8) is 0 Å². The van der Waals surface area contributed by atoms with Crippen molar-refractivity contribution in [2.75, 3.05) is 27.3 Å². The normalized spacial score (nSPS) is 11.0. The molecule has 0 bridgehead atoms. The van der Waals surface area contributed by atoms with E-state index in [0.717, 1.165) is 31.7 Å². The predicted molar refractivity (Wildman–Crippen MR) is 75.1 cm³/mol. The number of methoxy groups -OCH3 is 1. The number of aliphatic hydroxyl groups is 1. The second kappa shape index (κ2) is 7.39. The van der Waals surface area contributed by atoms with Crippen molar-refractivity contribution in [1.29, 1.82) is 0 Å². The molecule has 1 rings (SSSR count). The van der Waals surface area contributed by atoms with Gasteiger partial charge >= 0.3 is 0 Å². The van der Waals surface area contributed by atoms with Crippen molar-refractivity contribution in [3.8, 4) is 5.75 Å². The van der Waals surface area contributed by atoms with Gasteiger partial charge in [-0.15, -0.1) is 0 Å². The van der Waals surface area contributed by atoms with E-state index in [1.165, 1.54) is 16.7 Å². The molecule has 0 aliphatic heterocycles. The molecular formula is C15H25NO2. The third-order valence-electron chi connectivity index (χ3n) is 3.09. The number of benzene rings is 1. The quantitative estimate of drug-likeness (QED) is 0.756. The summed E-state index contributed by atoms with van der Waals surface area (Å²) in [5, 5.41) is 8.79. The first-order chi connectivity index (χ1) is 8.58. The molecule has 18 heavy (non-hydrogen) atoms. The number of aryl methyl sites for hydroxylation is 2. The van der Waals surface area contributed by atoms with Crippen LogP contribution in [0.25, 0.3) is 0 Å². The largest absolute Gasteiger partial charge is 0.496 e. The molecule has 1 N–H and O–H groups in total. The number of aliphatic hydroxyl groups excluding tert-OH is 1. The van der Waals surface area contributed by atoms with Crippen LogP contribution in [0.3, 0.4) is 0 Å². The van der Waals surface area contributed by atoms with Crippen molar-refractivity contribution in [1.82, 2.24) is 4.90 Å². The second-order valence-corrected chi connectivity index (χ2v) is 4.94. The van der Waals surface area contributed by atoms with E-state index in [9.17, 15) is 0 Å². The summed E-state index contributed by atoms with van der Waals surface area (Å²) in [6, 6.07) is 4.34. The summed E-state index contributed by atoms with van der Waals surface area (Å²) in [4.78, 5) is 2.27. The van der Waals surface area contributed by atoms with Gasteiger partial charge in [0.1, 0.15) is 5.75 Å². The first kappa shape index (κ1) is 15.0. The van der Waals surface area contributed by atoms with Crippen LogP contribution in [0, 0.1) is 13.8 Å². The molecule has 0 unspecified atom stereocenters. The highest BCUT2D eigenvalue weighted by Crippen LogP contribution is 2.26. The van der Waals surface area contributed by atoms with Crippen LogP contribution in [0.4, 0.5) is 0 Å². The average Bonchev–Trinajstić information content (AvgIpc) is 2.28. The minimum absolute atomic E-state index is 0.278. The molecule has 0 aliphatic rings. The number of rotatable bonds is 7. The molecule has 1 aromatic rings.